The summed E-state index contributed by atoms with van der Waals surface area (Å²) in [5, 5.41) is 12.3. The molecule has 1 heterocycles. The Labute approximate surface area is 112 Å². The third-order valence-electron chi connectivity index (χ3n) is 3.30. The molecule has 2 rings (SSSR count). The third kappa shape index (κ3) is 4.03. The first-order chi connectivity index (χ1) is 8.75. The topological polar surface area (TPSA) is 49.3 Å². The van der Waals surface area contributed by atoms with Crippen molar-refractivity contribution in [2.75, 3.05) is 18.1 Å². The van der Waals surface area contributed by atoms with Crippen LogP contribution in [0.4, 0.5) is 0 Å². The van der Waals surface area contributed by atoms with E-state index >= 15 is 0 Å². The first-order valence-corrected chi connectivity index (χ1v) is 7.52. The van der Waals surface area contributed by atoms with Gasteiger partial charge in [0.2, 0.25) is 0 Å². The number of carbonyl (C=O) groups is 1. The smallest absolute Gasteiger partial charge is 0.335 e. The maximum Gasteiger partial charge on any atom is 0.335 e. The molecule has 1 aromatic carbocycles. The zero-order valence-corrected chi connectivity index (χ0v) is 11.2. The lowest BCUT2D eigenvalue weighted by Crippen LogP contribution is -2.25. The molecule has 1 aromatic rings. The van der Waals surface area contributed by atoms with Gasteiger partial charge in [-0.05, 0) is 54.5 Å². The molecule has 0 unspecified atom stereocenters. The van der Waals surface area contributed by atoms with Crippen LogP contribution in [0, 0.1) is 5.92 Å². The van der Waals surface area contributed by atoms with E-state index in [0.29, 0.717) is 5.56 Å². The Hall–Kier alpha value is -1.00. The zero-order valence-electron chi connectivity index (χ0n) is 10.4. The number of hydrogen-bond donors (Lipinski definition) is 2. The van der Waals surface area contributed by atoms with Crippen LogP contribution in [0.1, 0.15) is 28.8 Å². The van der Waals surface area contributed by atoms with Gasteiger partial charge in [0.1, 0.15) is 0 Å². The number of hydrogen-bond acceptors (Lipinski definition) is 3. The Bertz CT molecular complexity index is 385. The molecule has 1 aliphatic rings. The zero-order chi connectivity index (χ0) is 12.8. The minimum atomic E-state index is -0.866. The average molecular weight is 265 g/mol. The summed E-state index contributed by atoms with van der Waals surface area (Å²) in [6, 6.07) is 7.09. The van der Waals surface area contributed by atoms with E-state index in [1.807, 2.05) is 23.9 Å². The molecule has 0 radical (unpaired) electrons. The molecule has 2 N–H and O–H groups in total. The summed E-state index contributed by atoms with van der Waals surface area (Å²) < 4.78 is 0. The fourth-order valence-corrected chi connectivity index (χ4v) is 3.34. The van der Waals surface area contributed by atoms with Crippen LogP contribution >= 0.6 is 11.8 Å². The molecule has 1 aliphatic heterocycles. The van der Waals surface area contributed by atoms with Gasteiger partial charge in [-0.2, -0.15) is 11.8 Å². The maximum atomic E-state index is 10.7. The summed E-state index contributed by atoms with van der Waals surface area (Å²) in [6.45, 7) is 1.89. The number of carboxylic acids is 1. The van der Waals surface area contributed by atoms with Crippen LogP contribution in [0.3, 0.4) is 0 Å². The van der Waals surface area contributed by atoms with Gasteiger partial charge >= 0.3 is 5.97 Å². The molecule has 1 saturated heterocycles. The molecule has 0 aromatic heterocycles. The van der Waals surface area contributed by atoms with Crippen molar-refractivity contribution in [2.24, 2.45) is 5.92 Å². The summed E-state index contributed by atoms with van der Waals surface area (Å²) in [5.41, 5.74) is 1.49. The van der Waals surface area contributed by atoms with Crippen molar-refractivity contribution in [3.63, 3.8) is 0 Å². The predicted molar refractivity (Wildman–Crippen MR) is 75.2 cm³/mol. The van der Waals surface area contributed by atoms with Crippen LogP contribution < -0.4 is 5.32 Å². The Morgan fingerprint density at radius 1 is 1.28 bits per heavy atom. The second kappa shape index (κ2) is 6.81. The van der Waals surface area contributed by atoms with Crippen molar-refractivity contribution in [2.45, 2.75) is 19.4 Å². The molecule has 3 nitrogen and oxygen atoms in total. The van der Waals surface area contributed by atoms with E-state index in [4.69, 9.17) is 5.11 Å². The van der Waals surface area contributed by atoms with E-state index in [2.05, 4.69) is 5.32 Å². The minimum Gasteiger partial charge on any atom is -0.478 e. The number of rotatable bonds is 5. The Morgan fingerprint density at radius 2 is 1.94 bits per heavy atom. The molecule has 98 valence electrons. The molecule has 0 amide bonds. The average Bonchev–Trinajstić information content (AvgIpc) is 2.40. The second-order valence-electron chi connectivity index (χ2n) is 4.69. The second-order valence-corrected chi connectivity index (χ2v) is 5.91. The molecule has 0 bridgehead atoms. The normalized spacial score (nSPS) is 16.7. The highest BCUT2D eigenvalue weighted by molar-refractivity contribution is 7.99. The number of benzene rings is 1. The largest absolute Gasteiger partial charge is 0.478 e. The van der Waals surface area contributed by atoms with Crippen molar-refractivity contribution in [3.8, 4) is 0 Å². The van der Waals surface area contributed by atoms with Gasteiger partial charge < -0.3 is 10.4 Å². The van der Waals surface area contributed by atoms with E-state index in [9.17, 15) is 4.79 Å². The molecule has 0 saturated carbocycles. The van der Waals surface area contributed by atoms with E-state index in [0.717, 1.165) is 24.6 Å². The highest BCUT2D eigenvalue weighted by Gasteiger charge is 2.12. The molecule has 1 fully saturated rings. The minimum absolute atomic E-state index is 0.350. The molecular formula is C14H19NO2S. The Kier molecular flexibility index (Phi) is 5.08. The molecular weight excluding hydrogens is 246 g/mol. The number of carboxylic acid groups (broad SMARTS) is 1. The van der Waals surface area contributed by atoms with Crippen molar-refractivity contribution in [1.82, 2.24) is 5.32 Å². The van der Waals surface area contributed by atoms with E-state index in [-0.39, 0.29) is 0 Å². The SMILES string of the molecule is O=C(O)c1ccc(CNCC2CCSCC2)cc1. The van der Waals surface area contributed by atoms with Crippen LogP contribution in [-0.4, -0.2) is 29.1 Å². The van der Waals surface area contributed by atoms with E-state index in [1.54, 1.807) is 12.1 Å². The van der Waals surface area contributed by atoms with Gasteiger partial charge in [0.15, 0.2) is 0 Å². The fraction of sp³-hybridized carbons (Fsp3) is 0.500. The maximum absolute atomic E-state index is 10.7. The molecule has 0 aliphatic carbocycles. The highest BCUT2D eigenvalue weighted by atomic mass is 32.2. The first kappa shape index (κ1) is 13.4. The third-order valence-corrected chi connectivity index (χ3v) is 4.35. The molecule has 0 atom stereocenters. The van der Waals surface area contributed by atoms with Crippen LogP contribution in [0.5, 0.6) is 0 Å². The van der Waals surface area contributed by atoms with Crippen LogP contribution in [-0.2, 0) is 6.54 Å². The van der Waals surface area contributed by atoms with Crippen molar-refractivity contribution >= 4 is 17.7 Å². The van der Waals surface area contributed by atoms with Gasteiger partial charge in [0.05, 0.1) is 5.56 Å². The number of aromatic carboxylic acids is 1. The molecule has 4 heteroatoms. The van der Waals surface area contributed by atoms with Gasteiger partial charge in [0.25, 0.3) is 0 Å². The fourth-order valence-electron chi connectivity index (χ4n) is 2.14. The summed E-state index contributed by atoms with van der Waals surface area (Å²) in [7, 11) is 0. The van der Waals surface area contributed by atoms with Gasteiger partial charge in [-0.1, -0.05) is 12.1 Å². The van der Waals surface area contributed by atoms with Crippen molar-refractivity contribution in [3.05, 3.63) is 35.4 Å². The highest BCUT2D eigenvalue weighted by Crippen LogP contribution is 2.21. The standard InChI is InChI=1S/C14H19NO2S/c16-14(17)13-3-1-11(2-4-13)9-15-10-12-5-7-18-8-6-12/h1-4,12,15H,5-10H2,(H,16,17). The predicted octanol–water partition coefficient (Wildman–Crippen LogP) is 2.62. The number of thioether (sulfide) groups is 1. The molecule has 0 spiro atoms. The summed E-state index contributed by atoms with van der Waals surface area (Å²) >= 11 is 2.05. The van der Waals surface area contributed by atoms with E-state index < -0.39 is 5.97 Å². The lowest BCUT2D eigenvalue weighted by atomic mass is 10.0. The van der Waals surface area contributed by atoms with E-state index in [1.165, 1.54) is 24.3 Å². The summed E-state index contributed by atoms with van der Waals surface area (Å²) in [5.74, 6) is 2.53. The monoisotopic (exact) mass is 265 g/mol. The lowest BCUT2D eigenvalue weighted by molar-refractivity contribution is 0.0697. The van der Waals surface area contributed by atoms with Gasteiger partial charge in [-0.25, -0.2) is 4.79 Å². The first-order valence-electron chi connectivity index (χ1n) is 6.36. The summed E-state index contributed by atoms with van der Waals surface area (Å²) in [4.78, 5) is 10.7. The van der Waals surface area contributed by atoms with Gasteiger partial charge in [-0.15, -0.1) is 0 Å². The van der Waals surface area contributed by atoms with Crippen molar-refractivity contribution in [1.29, 1.82) is 0 Å². The van der Waals surface area contributed by atoms with Gasteiger partial charge in [-0.3, -0.25) is 0 Å². The number of nitrogens with one attached hydrogen (secondary N) is 1. The van der Waals surface area contributed by atoms with Crippen molar-refractivity contribution < 1.29 is 9.90 Å². The molecule has 18 heavy (non-hydrogen) atoms. The van der Waals surface area contributed by atoms with Gasteiger partial charge in [0, 0.05) is 6.54 Å². The van der Waals surface area contributed by atoms with Crippen LogP contribution in [0.25, 0.3) is 0 Å². The Balaban J connectivity index is 1.74. The lowest BCUT2D eigenvalue weighted by Gasteiger charge is -2.21. The quantitative estimate of drug-likeness (QED) is 0.859. The summed E-state index contributed by atoms with van der Waals surface area (Å²) in [6.07, 6.45) is 2.63. The van der Waals surface area contributed by atoms with Crippen LogP contribution in [0.15, 0.2) is 24.3 Å². The Morgan fingerprint density at radius 3 is 2.56 bits per heavy atom. The van der Waals surface area contributed by atoms with Crippen LogP contribution in [0.2, 0.25) is 0 Å².